The van der Waals surface area contributed by atoms with Crippen molar-refractivity contribution in [2.45, 2.75) is 12.8 Å². The highest BCUT2D eigenvalue weighted by atomic mass is 15.5. The second-order valence-corrected chi connectivity index (χ2v) is 2.57. The molecular formula is C6H13N3. The molecule has 1 aliphatic rings. The van der Waals surface area contributed by atoms with Crippen molar-refractivity contribution in [2.24, 2.45) is 16.3 Å². The molecule has 0 aromatic carbocycles. The van der Waals surface area contributed by atoms with Gasteiger partial charge in [0, 0.05) is 13.6 Å². The molecule has 0 atom stereocenters. The first-order valence-corrected chi connectivity index (χ1v) is 3.34. The summed E-state index contributed by atoms with van der Waals surface area (Å²) in [4.78, 5) is 0. The summed E-state index contributed by atoms with van der Waals surface area (Å²) in [7, 11) is 3.66. The lowest BCUT2D eigenvalue weighted by Gasteiger charge is -2.08. The minimum Gasteiger partial charge on any atom is -0.282 e. The highest BCUT2D eigenvalue weighted by Crippen LogP contribution is 2.29. The van der Waals surface area contributed by atoms with Crippen LogP contribution >= 0.6 is 0 Å². The van der Waals surface area contributed by atoms with Crippen LogP contribution in [0.1, 0.15) is 12.8 Å². The third-order valence-electron chi connectivity index (χ3n) is 1.46. The van der Waals surface area contributed by atoms with Crippen LogP contribution in [-0.2, 0) is 0 Å². The van der Waals surface area contributed by atoms with E-state index in [0.717, 1.165) is 12.5 Å². The van der Waals surface area contributed by atoms with Gasteiger partial charge in [0.25, 0.3) is 0 Å². The normalized spacial score (nSPS) is 18.9. The summed E-state index contributed by atoms with van der Waals surface area (Å²) in [6.07, 6.45) is 2.76. The molecule has 9 heavy (non-hydrogen) atoms. The van der Waals surface area contributed by atoms with Crippen molar-refractivity contribution >= 4 is 0 Å². The van der Waals surface area contributed by atoms with Gasteiger partial charge >= 0.3 is 0 Å². The minimum atomic E-state index is 0.903. The molecule has 0 amide bonds. The molecule has 0 N–H and O–H groups in total. The topological polar surface area (TPSA) is 28.0 Å². The predicted molar refractivity (Wildman–Crippen MR) is 36.1 cm³/mol. The summed E-state index contributed by atoms with van der Waals surface area (Å²) in [6.45, 7) is 1.08. The van der Waals surface area contributed by atoms with E-state index in [-0.39, 0.29) is 0 Å². The molecule has 0 aromatic rings. The standard InChI is InChI=1S/C6H13N3/c1-7-8-9(2)5-6-3-4-6/h6H,3-5H2,1-2H3. The summed E-state index contributed by atoms with van der Waals surface area (Å²) in [5.41, 5.74) is 0. The minimum absolute atomic E-state index is 0.903. The van der Waals surface area contributed by atoms with E-state index in [1.54, 1.807) is 7.05 Å². The first-order valence-electron chi connectivity index (χ1n) is 3.34. The van der Waals surface area contributed by atoms with Crippen LogP contribution in [0.15, 0.2) is 10.3 Å². The van der Waals surface area contributed by atoms with Crippen molar-refractivity contribution in [2.75, 3.05) is 20.6 Å². The van der Waals surface area contributed by atoms with E-state index >= 15 is 0 Å². The molecule has 0 bridgehead atoms. The smallest absolute Gasteiger partial charge is 0.0509 e. The molecular weight excluding hydrogens is 114 g/mol. The zero-order valence-electron chi connectivity index (χ0n) is 6.04. The zero-order valence-corrected chi connectivity index (χ0v) is 6.04. The molecule has 1 aliphatic carbocycles. The van der Waals surface area contributed by atoms with Gasteiger partial charge < -0.3 is 0 Å². The molecule has 0 radical (unpaired) electrons. The first kappa shape index (κ1) is 6.52. The molecule has 1 fully saturated rings. The van der Waals surface area contributed by atoms with Gasteiger partial charge in [0.2, 0.25) is 0 Å². The van der Waals surface area contributed by atoms with Crippen LogP contribution in [0.4, 0.5) is 0 Å². The summed E-state index contributed by atoms with van der Waals surface area (Å²) in [5, 5.41) is 9.43. The van der Waals surface area contributed by atoms with Crippen LogP contribution in [0.3, 0.4) is 0 Å². The molecule has 3 heteroatoms. The third-order valence-corrected chi connectivity index (χ3v) is 1.46. The molecule has 1 saturated carbocycles. The summed E-state index contributed by atoms with van der Waals surface area (Å²) in [6, 6.07) is 0. The highest BCUT2D eigenvalue weighted by Gasteiger charge is 2.22. The maximum atomic E-state index is 3.86. The second kappa shape index (κ2) is 2.80. The Morgan fingerprint density at radius 3 is 2.67 bits per heavy atom. The van der Waals surface area contributed by atoms with Crippen LogP contribution in [0.5, 0.6) is 0 Å². The van der Waals surface area contributed by atoms with Crippen molar-refractivity contribution < 1.29 is 0 Å². The van der Waals surface area contributed by atoms with Crippen molar-refractivity contribution in [3.63, 3.8) is 0 Å². The Hall–Kier alpha value is -0.600. The van der Waals surface area contributed by atoms with Gasteiger partial charge in [0.15, 0.2) is 0 Å². The van der Waals surface area contributed by atoms with Crippen LogP contribution in [-0.4, -0.2) is 25.6 Å². The van der Waals surface area contributed by atoms with Crippen molar-refractivity contribution in [1.29, 1.82) is 0 Å². The van der Waals surface area contributed by atoms with E-state index in [2.05, 4.69) is 10.3 Å². The molecule has 0 saturated heterocycles. The Kier molecular flexibility index (Phi) is 2.03. The van der Waals surface area contributed by atoms with Crippen LogP contribution in [0.2, 0.25) is 0 Å². The van der Waals surface area contributed by atoms with Gasteiger partial charge in [-0.3, -0.25) is 5.01 Å². The quantitative estimate of drug-likeness (QED) is 0.415. The molecule has 0 spiro atoms. The van der Waals surface area contributed by atoms with Crippen molar-refractivity contribution in [3.05, 3.63) is 0 Å². The number of hydrogen-bond donors (Lipinski definition) is 0. The predicted octanol–water partition coefficient (Wildman–Crippen LogP) is 1.33. The van der Waals surface area contributed by atoms with Gasteiger partial charge in [-0.05, 0) is 18.8 Å². The van der Waals surface area contributed by atoms with Gasteiger partial charge in [-0.1, -0.05) is 5.22 Å². The van der Waals surface area contributed by atoms with Gasteiger partial charge in [-0.25, -0.2) is 0 Å². The van der Waals surface area contributed by atoms with E-state index in [1.807, 2.05) is 12.1 Å². The molecule has 3 nitrogen and oxygen atoms in total. The average Bonchev–Trinajstić information content (AvgIpc) is 2.50. The fourth-order valence-corrected chi connectivity index (χ4v) is 0.863. The highest BCUT2D eigenvalue weighted by molar-refractivity contribution is 4.74. The second-order valence-electron chi connectivity index (χ2n) is 2.57. The van der Waals surface area contributed by atoms with Gasteiger partial charge in [0.05, 0.1) is 7.05 Å². The van der Waals surface area contributed by atoms with E-state index in [4.69, 9.17) is 0 Å². The Labute approximate surface area is 55.7 Å². The Balaban J connectivity index is 2.09. The average molecular weight is 127 g/mol. The summed E-state index contributed by atoms with van der Waals surface area (Å²) < 4.78 is 0. The Morgan fingerprint density at radius 1 is 1.56 bits per heavy atom. The molecule has 0 unspecified atom stereocenters. The van der Waals surface area contributed by atoms with Crippen LogP contribution in [0, 0.1) is 5.92 Å². The van der Waals surface area contributed by atoms with Gasteiger partial charge in [-0.2, -0.15) is 5.11 Å². The van der Waals surface area contributed by atoms with Gasteiger partial charge in [0.1, 0.15) is 0 Å². The Morgan fingerprint density at radius 2 is 2.22 bits per heavy atom. The first-order chi connectivity index (χ1) is 4.33. The zero-order chi connectivity index (χ0) is 6.69. The van der Waals surface area contributed by atoms with Crippen LogP contribution < -0.4 is 0 Å². The molecule has 1 rings (SSSR count). The number of nitrogens with zero attached hydrogens (tertiary/aromatic N) is 3. The fraction of sp³-hybridized carbons (Fsp3) is 1.00. The Bertz CT molecular complexity index is 107. The fourth-order valence-electron chi connectivity index (χ4n) is 0.863. The lowest BCUT2D eigenvalue weighted by molar-refractivity contribution is 0.315. The van der Waals surface area contributed by atoms with E-state index in [1.165, 1.54) is 12.8 Å². The van der Waals surface area contributed by atoms with E-state index < -0.39 is 0 Å². The lowest BCUT2D eigenvalue weighted by atomic mass is 10.4. The van der Waals surface area contributed by atoms with E-state index in [9.17, 15) is 0 Å². The molecule has 0 aromatic heterocycles. The molecule has 52 valence electrons. The summed E-state index contributed by atoms with van der Waals surface area (Å²) >= 11 is 0. The molecule has 0 heterocycles. The van der Waals surface area contributed by atoms with Gasteiger partial charge in [-0.15, -0.1) is 0 Å². The van der Waals surface area contributed by atoms with Crippen molar-refractivity contribution in [3.8, 4) is 0 Å². The van der Waals surface area contributed by atoms with Crippen LogP contribution in [0.25, 0.3) is 0 Å². The number of hydrogen-bond acceptors (Lipinski definition) is 2. The van der Waals surface area contributed by atoms with Crippen molar-refractivity contribution in [1.82, 2.24) is 5.01 Å². The lowest BCUT2D eigenvalue weighted by Crippen LogP contribution is -2.12. The third kappa shape index (κ3) is 2.44. The molecule has 0 aliphatic heterocycles. The maximum Gasteiger partial charge on any atom is 0.0509 e. The maximum absolute atomic E-state index is 3.86. The monoisotopic (exact) mass is 127 g/mol. The largest absolute Gasteiger partial charge is 0.282 e. The number of rotatable bonds is 3. The summed E-state index contributed by atoms with van der Waals surface area (Å²) in [5.74, 6) is 0.903. The SMILES string of the molecule is CN=NN(C)CC1CC1. The van der Waals surface area contributed by atoms with E-state index in [0.29, 0.717) is 0 Å².